The molecule has 6 nitrogen and oxygen atoms in total. The fraction of sp³-hybridized carbons (Fsp3) is 0.231. The first-order valence-electron chi connectivity index (χ1n) is 5.72. The average molecular weight is 261 g/mol. The monoisotopic (exact) mass is 261 g/mol. The molecule has 0 aliphatic rings. The van der Waals surface area contributed by atoms with E-state index in [0.29, 0.717) is 23.6 Å². The van der Waals surface area contributed by atoms with Gasteiger partial charge in [-0.2, -0.15) is 0 Å². The van der Waals surface area contributed by atoms with Gasteiger partial charge in [-0.3, -0.25) is 4.79 Å². The van der Waals surface area contributed by atoms with Crippen molar-refractivity contribution in [3.63, 3.8) is 0 Å². The zero-order valence-electron chi connectivity index (χ0n) is 10.8. The van der Waals surface area contributed by atoms with Crippen molar-refractivity contribution in [3.8, 4) is 11.5 Å². The Kier molecular flexibility index (Phi) is 4.02. The van der Waals surface area contributed by atoms with Crippen molar-refractivity contribution in [2.45, 2.75) is 6.54 Å². The number of aromatic nitrogens is 2. The standard InChI is InChI=1S/C13H15N3O3/c1-18-10-3-4-12(19-2)11(5-10)13(17)15-7-9-6-14-8-16-9/h3-6,8H,7H2,1-2H3,(H,14,16)(H,15,17). The summed E-state index contributed by atoms with van der Waals surface area (Å²) in [6.45, 7) is 0.374. The third-order valence-electron chi connectivity index (χ3n) is 2.65. The summed E-state index contributed by atoms with van der Waals surface area (Å²) in [4.78, 5) is 18.9. The summed E-state index contributed by atoms with van der Waals surface area (Å²) in [6, 6.07) is 5.08. The number of H-pyrrole nitrogens is 1. The maximum absolute atomic E-state index is 12.1. The largest absolute Gasteiger partial charge is 0.497 e. The molecular weight excluding hydrogens is 246 g/mol. The molecule has 0 aliphatic carbocycles. The van der Waals surface area contributed by atoms with Crippen molar-refractivity contribution in [1.82, 2.24) is 15.3 Å². The van der Waals surface area contributed by atoms with Gasteiger partial charge in [-0.1, -0.05) is 0 Å². The second-order valence-electron chi connectivity index (χ2n) is 3.83. The molecule has 2 N–H and O–H groups in total. The van der Waals surface area contributed by atoms with Gasteiger partial charge in [-0.15, -0.1) is 0 Å². The lowest BCUT2D eigenvalue weighted by molar-refractivity contribution is 0.0947. The molecule has 0 fully saturated rings. The Labute approximate surface area is 110 Å². The van der Waals surface area contributed by atoms with Crippen molar-refractivity contribution in [3.05, 3.63) is 42.0 Å². The number of nitrogens with one attached hydrogen (secondary N) is 2. The Morgan fingerprint density at radius 1 is 1.37 bits per heavy atom. The number of benzene rings is 1. The van der Waals surface area contributed by atoms with E-state index in [9.17, 15) is 4.79 Å². The zero-order valence-corrected chi connectivity index (χ0v) is 10.8. The van der Waals surface area contributed by atoms with Crippen LogP contribution in [0.2, 0.25) is 0 Å². The summed E-state index contributed by atoms with van der Waals surface area (Å²) in [7, 11) is 3.07. The number of carbonyl (C=O) groups is 1. The van der Waals surface area contributed by atoms with Crippen LogP contribution in [0.5, 0.6) is 11.5 Å². The average Bonchev–Trinajstić information content (AvgIpc) is 2.97. The van der Waals surface area contributed by atoms with Gasteiger partial charge in [0.2, 0.25) is 0 Å². The molecule has 0 aliphatic heterocycles. The number of methoxy groups -OCH3 is 2. The SMILES string of the molecule is COc1ccc(OC)c(C(=O)NCc2cnc[nH]2)c1. The number of rotatable bonds is 5. The van der Waals surface area contributed by atoms with Crippen molar-refractivity contribution in [2.24, 2.45) is 0 Å². The van der Waals surface area contributed by atoms with Gasteiger partial charge in [0.1, 0.15) is 11.5 Å². The number of amides is 1. The van der Waals surface area contributed by atoms with Gasteiger partial charge < -0.3 is 19.8 Å². The molecule has 0 saturated heterocycles. The predicted octanol–water partition coefficient (Wildman–Crippen LogP) is 1.36. The first-order chi connectivity index (χ1) is 9.24. The van der Waals surface area contributed by atoms with E-state index < -0.39 is 0 Å². The highest BCUT2D eigenvalue weighted by atomic mass is 16.5. The van der Waals surface area contributed by atoms with E-state index in [0.717, 1.165) is 5.69 Å². The molecule has 0 bridgehead atoms. The van der Waals surface area contributed by atoms with Crippen LogP contribution in [0.4, 0.5) is 0 Å². The number of carbonyl (C=O) groups excluding carboxylic acids is 1. The maximum atomic E-state index is 12.1. The van der Waals surface area contributed by atoms with Gasteiger partial charge >= 0.3 is 0 Å². The molecule has 0 unspecified atom stereocenters. The van der Waals surface area contributed by atoms with Crippen LogP contribution >= 0.6 is 0 Å². The smallest absolute Gasteiger partial charge is 0.255 e. The Bertz CT molecular complexity index is 552. The Balaban J connectivity index is 2.12. The lowest BCUT2D eigenvalue weighted by Crippen LogP contribution is -2.23. The number of nitrogens with zero attached hydrogens (tertiary/aromatic N) is 1. The second-order valence-corrected chi connectivity index (χ2v) is 3.83. The van der Waals surface area contributed by atoms with Crippen LogP contribution in [0, 0.1) is 0 Å². The molecule has 0 radical (unpaired) electrons. The number of hydrogen-bond donors (Lipinski definition) is 2. The van der Waals surface area contributed by atoms with Crippen molar-refractivity contribution in [2.75, 3.05) is 14.2 Å². The van der Waals surface area contributed by atoms with Gasteiger partial charge in [-0.05, 0) is 18.2 Å². The quantitative estimate of drug-likeness (QED) is 0.852. The van der Waals surface area contributed by atoms with E-state index >= 15 is 0 Å². The molecule has 0 spiro atoms. The van der Waals surface area contributed by atoms with E-state index in [1.807, 2.05) is 0 Å². The highest BCUT2D eigenvalue weighted by molar-refractivity contribution is 5.97. The first-order valence-corrected chi connectivity index (χ1v) is 5.72. The lowest BCUT2D eigenvalue weighted by Gasteiger charge is -2.10. The lowest BCUT2D eigenvalue weighted by atomic mass is 10.1. The summed E-state index contributed by atoms with van der Waals surface area (Å²) < 4.78 is 10.3. The summed E-state index contributed by atoms with van der Waals surface area (Å²) in [5.74, 6) is 0.876. The van der Waals surface area contributed by atoms with Gasteiger partial charge in [0.05, 0.1) is 38.3 Å². The summed E-state index contributed by atoms with van der Waals surface area (Å²) in [6.07, 6.45) is 3.22. The molecule has 100 valence electrons. The maximum Gasteiger partial charge on any atom is 0.255 e. The fourth-order valence-electron chi connectivity index (χ4n) is 1.64. The van der Waals surface area contributed by atoms with Crippen LogP contribution in [-0.2, 0) is 6.54 Å². The van der Waals surface area contributed by atoms with Crippen molar-refractivity contribution >= 4 is 5.91 Å². The molecular formula is C13H15N3O3. The number of imidazole rings is 1. The van der Waals surface area contributed by atoms with Gasteiger partial charge in [0, 0.05) is 6.20 Å². The topological polar surface area (TPSA) is 76.2 Å². The second kappa shape index (κ2) is 5.90. The molecule has 0 saturated carbocycles. The minimum absolute atomic E-state index is 0.231. The highest BCUT2D eigenvalue weighted by Crippen LogP contribution is 2.23. The van der Waals surface area contributed by atoms with E-state index in [4.69, 9.17) is 9.47 Å². The zero-order chi connectivity index (χ0) is 13.7. The number of ether oxygens (including phenoxy) is 2. The normalized spacial score (nSPS) is 10.0. The molecule has 0 atom stereocenters. The molecule has 19 heavy (non-hydrogen) atoms. The van der Waals surface area contributed by atoms with Gasteiger partial charge in [0.25, 0.3) is 5.91 Å². The van der Waals surface area contributed by atoms with Crippen molar-refractivity contribution in [1.29, 1.82) is 0 Å². The fourth-order valence-corrected chi connectivity index (χ4v) is 1.64. The van der Waals surface area contributed by atoms with E-state index in [1.54, 1.807) is 37.8 Å². The van der Waals surface area contributed by atoms with E-state index in [-0.39, 0.29) is 5.91 Å². The van der Waals surface area contributed by atoms with Crippen LogP contribution in [0.1, 0.15) is 16.1 Å². The van der Waals surface area contributed by atoms with E-state index in [1.165, 1.54) is 7.11 Å². The summed E-state index contributed by atoms with van der Waals surface area (Å²) in [5.41, 5.74) is 1.26. The molecule has 2 aromatic rings. The summed E-state index contributed by atoms with van der Waals surface area (Å²) >= 11 is 0. The predicted molar refractivity (Wildman–Crippen MR) is 69.3 cm³/mol. The first kappa shape index (κ1) is 12.9. The van der Waals surface area contributed by atoms with Crippen LogP contribution in [0.3, 0.4) is 0 Å². The summed E-state index contributed by atoms with van der Waals surface area (Å²) in [5, 5.41) is 2.78. The van der Waals surface area contributed by atoms with Gasteiger partial charge in [0.15, 0.2) is 0 Å². The van der Waals surface area contributed by atoms with Gasteiger partial charge in [-0.25, -0.2) is 4.98 Å². The molecule has 1 aromatic heterocycles. The molecule has 1 amide bonds. The van der Waals surface area contributed by atoms with Crippen LogP contribution in [0.15, 0.2) is 30.7 Å². The third-order valence-corrected chi connectivity index (χ3v) is 2.65. The number of aromatic amines is 1. The molecule has 1 aromatic carbocycles. The Morgan fingerprint density at radius 2 is 2.21 bits per heavy atom. The molecule has 2 rings (SSSR count). The van der Waals surface area contributed by atoms with Crippen LogP contribution in [0.25, 0.3) is 0 Å². The number of hydrogen-bond acceptors (Lipinski definition) is 4. The highest BCUT2D eigenvalue weighted by Gasteiger charge is 2.13. The third kappa shape index (κ3) is 3.04. The Morgan fingerprint density at radius 3 is 2.84 bits per heavy atom. The molecule has 1 heterocycles. The Hall–Kier alpha value is -2.50. The minimum Gasteiger partial charge on any atom is -0.497 e. The van der Waals surface area contributed by atoms with Crippen LogP contribution < -0.4 is 14.8 Å². The van der Waals surface area contributed by atoms with Crippen molar-refractivity contribution < 1.29 is 14.3 Å². The van der Waals surface area contributed by atoms with E-state index in [2.05, 4.69) is 15.3 Å². The minimum atomic E-state index is -0.231. The molecule has 6 heteroatoms. The van der Waals surface area contributed by atoms with Crippen LogP contribution in [-0.4, -0.2) is 30.1 Å².